The van der Waals surface area contributed by atoms with E-state index in [0.29, 0.717) is 17.3 Å². The number of benzene rings is 1. The molecular formula is C19H21ClN4O2. The molecule has 2 fully saturated rings. The second-order valence-electron chi connectivity index (χ2n) is 7.00. The molecule has 26 heavy (non-hydrogen) atoms. The van der Waals surface area contributed by atoms with Crippen LogP contribution in [0.3, 0.4) is 0 Å². The molecule has 4 rings (SSSR count). The SMILES string of the molecule is O=C(Nc1cc(Cl)ccc1-n1cccn1)C1CCCN(C(=O)C2CC2)C1. The lowest BCUT2D eigenvalue weighted by Gasteiger charge is -2.32. The predicted molar refractivity (Wildman–Crippen MR) is 99.2 cm³/mol. The van der Waals surface area contributed by atoms with Crippen LogP contribution >= 0.6 is 11.6 Å². The zero-order chi connectivity index (χ0) is 18.1. The zero-order valence-electron chi connectivity index (χ0n) is 14.4. The Kier molecular flexibility index (Phi) is 4.68. The fraction of sp³-hybridized carbons (Fsp3) is 0.421. The van der Waals surface area contributed by atoms with Crippen LogP contribution in [0.2, 0.25) is 5.02 Å². The summed E-state index contributed by atoms with van der Waals surface area (Å²) in [7, 11) is 0. The van der Waals surface area contributed by atoms with Crippen LogP contribution in [0.4, 0.5) is 5.69 Å². The van der Waals surface area contributed by atoms with Crippen molar-refractivity contribution in [1.29, 1.82) is 0 Å². The summed E-state index contributed by atoms with van der Waals surface area (Å²) in [6, 6.07) is 7.15. The number of anilines is 1. The maximum Gasteiger partial charge on any atom is 0.229 e. The molecule has 1 atom stereocenters. The largest absolute Gasteiger partial charge is 0.342 e. The van der Waals surface area contributed by atoms with Crippen molar-refractivity contribution in [2.45, 2.75) is 25.7 Å². The van der Waals surface area contributed by atoms with E-state index >= 15 is 0 Å². The molecular weight excluding hydrogens is 352 g/mol. The Bertz CT molecular complexity index is 817. The van der Waals surface area contributed by atoms with Crippen LogP contribution in [0.15, 0.2) is 36.7 Å². The molecule has 1 saturated carbocycles. The highest BCUT2D eigenvalue weighted by atomic mass is 35.5. The smallest absolute Gasteiger partial charge is 0.229 e. The second kappa shape index (κ2) is 7.11. The van der Waals surface area contributed by atoms with Crippen LogP contribution in [-0.4, -0.2) is 39.6 Å². The maximum absolute atomic E-state index is 12.8. The number of hydrogen-bond acceptors (Lipinski definition) is 3. The van der Waals surface area contributed by atoms with Gasteiger partial charge < -0.3 is 10.2 Å². The Balaban J connectivity index is 1.49. The second-order valence-corrected chi connectivity index (χ2v) is 7.44. The van der Waals surface area contributed by atoms with Crippen LogP contribution in [0, 0.1) is 11.8 Å². The van der Waals surface area contributed by atoms with Crippen molar-refractivity contribution in [3.05, 3.63) is 41.7 Å². The van der Waals surface area contributed by atoms with Crippen molar-refractivity contribution in [1.82, 2.24) is 14.7 Å². The van der Waals surface area contributed by atoms with E-state index in [1.165, 1.54) is 0 Å². The van der Waals surface area contributed by atoms with E-state index in [-0.39, 0.29) is 23.7 Å². The number of rotatable bonds is 4. The minimum Gasteiger partial charge on any atom is -0.342 e. The van der Waals surface area contributed by atoms with Gasteiger partial charge in [-0.15, -0.1) is 0 Å². The summed E-state index contributed by atoms with van der Waals surface area (Å²) < 4.78 is 1.69. The molecule has 2 aromatic rings. The molecule has 1 N–H and O–H groups in total. The lowest BCUT2D eigenvalue weighted by molar-refractivity contribution is -0.135. The average Bonchev–Trinajstić information content (AvgIpc) is 3.36. The maximum atomic E-state index is 12.8. The highest BCUT2D eigenvalue weighted by Crippen LogP contribution is 2.33. The fourth-order valence-electron chi connectivity index (χ4n) is 3.43. The molecule has 1 aliphatic heterocycles. The number of amides is 2. The Hall–Kier alpha value is -2.34. The van der Waals surface area contributed by atoms with Crippen LogP contribution in [0.5, 0.6) is 0 Å². The van der Waals surface area contributed by atoms with Crippen LogP contribution in [0.25, 0.3) is 5.69 Å². The van der Waals surface area contributed by atoms with Crippen molar-refractivity contribution in [2.75, 3.05) is 18.4 Å². The first-order valence-electron chi connectivity index (χ1n) is 9.01. The molecule has 136 valence electrons. The van der Waals surface area contributed by atoms with Gasteiger partial charge in [0.15, 0.2) is 0 Å². The number of nitrogens with zero attached hydrogens (tertiary/aromatic N) is 3. The molecule has 1 unspecified atom stereocenters. The monoisotopic (exact) mass is 372 g/mol. The number of halogens is 1. The lowest BCUT2D eigenvalue weighted by Crippen LogP contribution is -2.44. The Morgan fingerprint density at radius 2 is 2.04 bits per heavy atom. The van der Waals surface area contributed by atoms with E-state index in [1.54, 1.807) is 23.0 Å². The van der Waals surface area contributed by atoms with Gasteiger partial charge in [-0.25, -0.2) is 4.68 Å². The number of nitrogens with one attached hydrogen (secondary N) is 1. The lowest BCUT2D eigenvalue weighted by atomic mass is 9.96. The summed E-state index contributed by atoms with van der Waals surface area (Å²) in [4.78, 5) is 27.0. The van der Waals surface area contributed by atoms with Gasteiger partial charge in [0, 0.05) is 36.4 Å². The molecule has 2 aliphatic rings. The molecule has 1 aliphatic carbocycles. The quantitative estimate of drug-likeness (QED) is 0.896. The predicted octanol–water partition coefficient (Wildman–Crippen LogP) is 3.11. The van der Waals surface area contributed by atoms with Gasteiger partial charge in [0.1, 0.15) is 0 Å². The van der Waals surface area contributed by atoms with Crippen molar-refractivity contribution in [3.8, 4) is 5.69 Å². The van der Waals surface area contributed by atoms with Gasteiger partial charge in [0.05, 0.1) is 17.3 Å². The molecule has 0 spiro atoms. The highest BCUT2D eigenvalue weighted by Gasteiger charge is 2.36. The fourth-order valence-corrected chi connectivity index (χ4v) is 3.61. The first-order valence-corrected chi connectivity index (χ1v) is 9.39. The van der Waals surface area contributed by atoms with E-state index in [4.69, 9.17) is 11.6 Å². The highest BCUT2D eigenvalue weighted by molar-refractivity contribution is 6.31. The summed E-state index contributed by atoms with van der Waals surface area (Å²) >= 11 is 6.12. The average molecular weight is 373 g/mol. The Labute approximate surface area is 157 Å². The van der Waals surface area contributed by atoms with Crippen LogP contribution < -0.4 is 5.32 Å². The molecule has 1 aromatic carbocycles. The van der Waals surface area contributed by atoms with E-state index in [9.17, 15) is 9.59 Å². The Morgan fingerprint density at radius 3 is 2.77 bits per heavy atom. The van der Waals surface area contributed by atoms with Crippen molar-refractivity contribution < 1.29 is 9.59 Å². The number of aromatic nitrogens is 2. The van der Waals surface area contributed by atoms with Gasteiger partial charge in [-0.1, -0.05) is 11.6 Å². The van der Waals surface area contributed by atoms with E-state index in [2.05, 4.69) is 10.4 Å². The van der Waals surface area contributed by atoms with E-state index in [1.807, 2.05) is 23.2 Å². The normalized spacial score (nSPS) is 20.0. The number of carbonyl (C=O) groups excluding carboxylic acids is 2. The molecule has 6 nitrogen and oxygen atoms in total. The first-order chi connectivity index (χ1) is 12.6. The van der Waals surface area contributed by atoms with Crippen molar-refractivity contribution in [2.24, 2.45) is 11.8 Å². The summed E-state index contributed by atoms with van der Waals surface area (Å²) in [5, 5.41) is 7.77. The standard InChI is InChI=1S/C19H21ClN4O2/c20-15-6-7-17(24-10-2-8-21-24)16(11-15)22-18(25)14-3-1-9-23(12-14)19(26)13-4-5-13/h2,6-8,10-11,13-14H,1,3-5,9,12H2,(H,22,25). The van der Waals surface area contributed by atoms with Gasteiger partial charge in [0.2, 0.25) is 11.8 Å². The van der Waals surface area contributed by atoms with Gasteiger partial charge in [-0.05, 0) is 49.9 Å². The topological polar surface area (TPSA) is 67.2 Å². The number of piperidine rings is 1. The van der Waals surface area contributed by atoms with Gasteiger partial charge in [0.25, 0.3) is 0 Å². The molecule has 0 radical (unpaired) electrons. The summed E-state index contributed by atoms with van der Waals surface area (Å²) in [6.07, 6.45) is 7.12. The molecule has 1 aromatic heterocycles. The van der Waals surface area contributed by atoms with Gasteiger partial charge in [-0.3, -0.25) is 9.59 Å². The number of carbonyl (C=O) groups is 2. The number of hydrogen-bond donors (Lipinski definition) is 1. The van der Waals surface area contributed by atoms with Gasteiger partial charge >= 0.3 is 0 Å². The summed E-state index contributed by atoms with van der Waals surface area (Å²) in [6.45, 7) is 1.26. The minimum absolute atomic E-state index is 0.0750. The molecule has 1 saturated heterocycles. The van der Waals surface area contributed by atoms with Crippen LogP contribution in [0.1, 0.15) is 25.7 Å². The minimum atomic E-state index is -0.198. The third-order valence-corrected chi connectivity index (χ3v) is 5.23. The molecule has 2 amide bonds. The van der Waals surface area contributed by atoms with Crippen molar-refractivity contribution >= 4 is 29.1 Å². The molecule has 7 heteroatoms. The third kappa shape index (κ3) is 3.60. The summed E-state index contributed by atoms with van der Waals surface area (Å²) in [5.41, 5.74) is 1.38. The molecule has 0 bridgehead atoms. The third-order valence-electron chi connectivity index (χ3n) is 5.00. The number of likely N-dealkylation sites (tertiary alicyclic amines) is 1. The van der Waals surface area contributed by atoms with E-state index < -0.39 is 0 Å². The molecule has 2 heterocycles. The zero-order valence-corrected chi connectivity index (χ0v) is 15.2. The van der Waals surface area contributed by atoms with Crippen LogP contribution in [-0.2, 0) is 9.59 Å². The Morgan fingerprint density at radius 1 is 1.19 bits per heavy atom. The first kappa shape index (κ1) is 17.1. The summed E-state index contributed by atoms with van der Waals surface area (Å²) in [5.74, 6) is 0.128. The van der Waals surface area contributed by atoms with Crippen molar-refractivity contribution in [3.63, 3.8) is 0 Å². The van der Waals surface area contributed by atoms with E-state index in [0.717, 1.165) is 37.9 Å². The van der Waals surface area contributed by atoms with Gasteiger partial charge in [-0.2, -0.15) is 5.10 Å².